The monoisotopic (exact) mass is 462 g/mol. The number of rotatable bonds is 9. The van der Waals surface area contributed by atoms with Crippen LogP contribution in [-0.4, -0.2) is 5.97 Å². The lowest BCUT2D eigenvalue weighted by molar-refractivity contribution is 0.0730. The van der Waals surface area contributed by atoms with Crippen molar-refractivity contribution in [1.82, 2.24) is 0 Å². The smallest absolute Gasteiger partial charge is 0.346 e. The number of benzene rings is 3. The van der Waals surface area contributed by atoms with E-state index in [9.17, 15) is 26.7 Å². The summed E-state index contributed by atoms with van der Waals surface area (Å²) in [7, 11) is 0. The van der Waals surface area contributed by atoms with Gasteiger partial charge in [-0.25, -0.2) is 18.0 Å². The molecule has 0 aliphatic rings. The minimum Gasteiger partial charge on any atom is -0.423 e. The average molecular weight is 462 g/mol. The topological polar surface area (TPSA) is 26.3 Å². The first kappa shape index (κ1) is 24.4. The molecule has 2 nitrogen and oxygen atoms in total. The molecule has 33 heavy (non-hydrogen) atoms. The van der Waals surface area contributed by atoms with Crippen LogP contribution in [0, 0.1) is 17.5 Å². The Balaban J connectivity index is 1.74. The number of esters is 1. The molecule has 0 heterocycles. The van der Waals surface area contributed by atoms with Crippen LogP contribution in [0.15, 0.2) is 48.5 Å². The Morgan fingerprint density at radius 2 is 1.67 bits per heavy atom. The average Bonchev–Trinajstić information content (AvgIpc) is 2.76. The maximum absolute atomic E-state index is 14.5. The molecule has 0 aromatic heterocycles. The number of ether oxygens (including phenoxy) is 1. The Labute approximate surface area is 188 Å². The Morgan fingerprint density at radius 3 is 2.36 bits per heavy atom. The minimum absolute atomic E-state index is 0.00519. The van der Waals surface area contributed by atoms with Crippen LogP contribution in [0.5, 0.6) is 5.75 Å². The molecular formula is C26H23F5O2. The second-order valence-corrected chi connectivity index (χ2v) is 7.77. The molecule has 0 spiro atoms. The predicted molar refractivity (Wildman–Crippen MR) is 118 cm³/mol. The first-order valence-corrected chi connectivity index (χ1v) is 10.7. The van der Waals surface area contributed by atoms with Gasteiger partial charge in [0.25, 0.3) is 6.08 Å². The fourth-order valence-corrected chi connectivity index (χ4v) is 3.60. The van der Waals surface area contributed by atoms with E-state index in [1.54, 1.807) is 6.07 Å². The minimum atomic E-state index is -2.23. The summed E-state index contributed by atoms with van der Waals surface area (Å²) in [5.41, 5.74) is -0.340. The molecule has 0 N–H and O–H groups in total. The maximum Gasteiger partial charge on any atom is 0.346 e. The van der Waals surface area contributed by atoms with Crippen molar-refractivity contribution < 1.29 is 31.5 Å². The molecule has 0 atom stereocenters. The van der Waals surface area contributed by atoms with E-state index in [1.165, 1.54) is 36.8 Å². The highest BCUT2D eigenvalue weighted by atomic mass is 19.3. The molecule has 0 fully saturated rings. The zero-order valence-corrected chi connectivity index (χ0v) is 18.1. The summed E-state index contributed by atoms with van der Waals surface area (Å²) >= 11 is 0. The van der Waals surface area contributed by atoms with Gasteiger partial charge in [-0.3, -0.25) is 0 Å². The number of halogens is 5. The second-order valence-electron chi connectivity index (χ2n) is 7.77. The van der Waals surface area contributed by atoms with Crippen LogP contribution in [0.3, 0.4) is 0 Å². The highest BCUT2D eigenvalue weighted by Gasteiger charge is 2.17. The third kappa shape index (κ3) is 6.18. The third-order valence-corrected chi connectivity index (χ3v) is 5.32. The number of unbranched alkanes of at least 4 members (excludes halogenated alkanes) is 4. The van der Waals surface area contributed by atoms with Gasteiger partial charge in [-0.05, 0) is 60.2 Å². The van der Waals surface area contributed by atoms with E-state index in [0.717, 1.165) is 37.3 Å². The van der Waals surface area contributed by atoms with Crippen molar-refractivity contribution in [3.8, 4) is 5.75 Å². The fourth-order valence-electron chi connectivity index (χ4n) is 3.60. The van der Waals surface area contributed by atoms with Crippen molar-refractivity contribution in [3.63, 3.8) is 0 Å². The van der Waals surface area contributed by atoms with Crippen LogP contribution in [0.1, 0.15) is 60.5 Å². The Kier molecular flexibility index (Phi) is 8.20. The van der Waals surface area contributed by atoms with Crippen LogP contribution in [0.4, 0.5) is 22.0 Å². The zero-order chi connectivity index (χ0) is 24.0. The van der Waals surface area contributed by atoms with Gasteiger partial charge in [-0.2, -0.15) is 8.78 Å². The van der Waals surface area contributed by atoms with Crippen LogP contribution < -0.4 is 4.74 Å². The summed E-state index contributed by atoms with van der Waals surface area (Å²) in [5.74, 6) is -4.08. The molecule has 3 rings (SSSR count). The van der Waals surface area contributed by atoms with Gasteiger partial charge in [0.05, 0.1) is 11.1 Å². The number of carbonyl (C=O) groups is 1. The number of carbonyl (C=O) groups excluding carboxylic acids is 1. The molecule has 0 bridgehead atoms. The molecule has 0 radical (unpaired) electrons. The first-order chi connectivity index (χ1) is 15.8. The molecule has 0 aliphatic carbocycles. The van der Waals surface area contributed by atoms with Crippen molar-refractivity contribution in [2.24, 2.45) is 0 Å². The number of hydrogen-bond acceptors (Lipinski definition) is 2. The summed E-state index contributed by atoms with van der Waals surface area (Å²) in [5, 5.41) is -0.122. The Bertz CT molecular complexity index is 1180. The highest BCUT2D eigenvalue weighted by molar-refractivity contribution is 5.93. The van der Waals surface area contributed by atoms with E-state index < -0.39 is 35.1 Å². The molecule has 174 valence electrons. The van der Waals surface area contributed by atoms with E-state index in [1.807, 2.05) is 0 Å². The van der Waals surface area contributed by atoms with Crippen molar-refractivity contribution in [2.45, 2.75) is 45.4 Å². The zero-order valence-electron chi connectivity index (χ0n) is 18.1. The lowest BCUT2D eigenvalue weighted by atomic mass is 10.0. The Morgan fingerprint density at radius 1 is 0.909 bits per heavy atom. The summed E-state index contributed by atoms with van der Waals surface area (Å²) in [4.78, 5) is 12.4. The van der Waals surface area contributed by atoms with Crippen LogP contribution in [0.25, 0.3) is 16.8 Å². The molecule has 0 unspecified atom stereocenters. The van der Waals surface area contributed by atoms with E-state index in [2.05, 4.69) is 6.92 Å². The molecule has 0 saturated heterocycles. The third-order valence-electron chi connectivity index (χ3n) is 5.32. The standard InChI is InChI=1S/C26H23F5O2/c1-2-3-4-5-6-7-16-8-10-20(22(27)12-16)26(32)33-18-9-11-19-17(13-18)14-23(28)21(25(19)31)15-24(29)30/h8-15H,2-7H2,1H3. The van der Waals surface area contributed by atoms with Gasteiger partial charge in [-0.15, -0.1) is 0 Å². The van der Waals surface area contributed by atoms with E-state index in [0.29, 0.717) is 6.42 Å². The van der Waals surface area contributed by atoms with Gasteiger partial charge in [0.1, 0.15) is 23.2 Å². The maximum atomic E-state index is 14.5. The van der Waals surface area contributed by atoms with E-state index in [-0.39, 0.29) is 28.2 Å². The number of hydrogen-bond donors (Lipinski definition) is 0. The molecule has 0 saturated carbocycles. The predicted octanol–water partition coefficient (Wildman–Crippen LogP) is 8.23. The van der Waals surface area contributed by atoms with Gasteiger partial charge in [-0.1, -0.05) is 38.7 Å². The molecule has 3 aromatic rings. The van der Waals surface area contributed by atoms with Crippen LogP contribution in [0.2, 0.25) is 0 Å². The first-order valence-electron chi connectivity index (χ1n) is 10.7. The van der Waals surface area contributed by atoms with Crippen molar-refractivity contribution in [3.05, 3.63) is 82.7 Å². The fraction of sp³-hybridized carbons (Fsp3) is 0.269. The van der Waals surface area contributed by atoms with Crippen molar-refractivity contribution in [2.75, 3.05) is 0 Å². The van der Waals surface area contributed by atoms with Crippen LogP contribution in [-0.2, 0) is 6.42 Å². The molecule has 7 heteroatoms. The normalized spacial score (nSPS) is 11.0. The van der Waals surface area contributed by atoms with Crippen molar-refractivity contribution >= 4 is 22.8 Å². The van der Waals surface area contributed by atoms with Crippen LogP contribution >= 0.6 is 0 Å². The number of aryl methyl sites for hydroxylation is 1. The molecule has 0 aliphatic heterocycles. The van der Waals surface area contributed by atoms with E-state index >= 15 is 0 Å². The lowest BCUT2D eigenvalue weighted by Gasteiger charge is -2.09. The summed E-state index contributed by atoms with van der Waals surface area (Å²) < 4.78 is 73.0. The second kappa shape index (κ2) is 11.1. The molecular weight excluding hydrogens is 439 g/mol. The van der Waals surface area contributed by atoms with Gasteiger partial charge in [0.15, 0.2) is 0 Å². The van der Waals surface area contributed by atoms with Gasteiger partial charge in [0.2, 0.25) is 0 Å². The van der Waals surface area contributed by atoms with Gasteiger partial charge >= 0.3 is 5.97 Å². The quantitative estimate of drug-likeness (QED) is 0.139. The lowest BCUT2D eigenvalue weighted by Crippen LogP contribution is -2.11. The van der Waals surface area contributed by atoms with E-state index in [4.69, 9.17) is 4.74 Å². The largest absolute Gasteiger partial charge is 0.423 e. The summed E-state index contributed by atoms with van der Waals surface area (Å²) in [6.45, 7) is 2.13. The van der Waals surface area contributed by atoms with Gasteiger partial charge < -0.3 is 4.74 Å². The molecule has 3 aromatic carbocycles. The molecule has 0 amide bonds. The summed E-state index contributed by atoms with van der Waals surface area (Å²) in [6, 6.07) is 8.77. The van der Waals surface area contributed by atoms with Gasteiger partial charge in [0, 0.05) is 11.5 Å². The Hall–Kier alpha value is -3.22. The SMILES string of the molecule is CCCCCCCc1ccc(C(=O)Oc2ccc3c(F)c(C=C(F)F)c(F)cc3c2)c(F)c1. The highest BCUT2D eigenvalue weighted by Crippen LogP contribution is 2.29. The number of fused-ring (bicyclic) bond motifs is 1. The summed E-state index contributed by atoms with van der Waals surface area (Å²) in [6.07, 6.45) is 4.02. The van der Waals surface area contributed by atoms with Crippen molar-refractivity contribution in [1.29, 1.82) is 0 Å².